The Morgan fingerprint density at radius 1 is 0.638 bits per heavy atom. The van der Waals surface area contributed by atoms with E-state index in [0.717, 1.165) is 12.1 Å². The first-order valence-corrected chi connectivity index (χ1v) is 11.8. The van der Waals surface area contributed by atoms with E-state index in [-0.39, 0.29) is 16.6 Å². The standard InChI is InChI=1S/C8H5F3N2O3.C8H5F3N2O2S.C8H3F3N2O2/c9-8(10,11)4-1-2-5(7(12)14)6(3-4)13(15)16;9-8(10,11)4-1-2-5(7(12)16)6(3-4)13(14)15;9-8(10,11)6-2-1-5(4-12)7(3-6)13(14)15/h1-3H,(H2,12,14);1-3H,(H2,12,16);1-3H. The molecule has 0 saturated heterocycles. The average Bonchev–Trinajstić information content (AvgIpc) is 2.95. The van der Waals surface area contributed by atoms with Crippen LogP contribution in [0, 0.1) is 41.7 Å². The van der Waals surface area contributed by atoms with Gasteiger partial charge in [-0.05, 0) is 36.4 Å². The highest BCUT2D eigenvalue weighted by Gasteiger charge is 2.35. The van der Waals surface area contributed by atoms with Gasteiger partial charge in [-0.1, -0.05) is 12.2 Å². The molecule has 0 aromatic heterocycles. The van der Waals surface area contributed by atoms with E-state index in [9.17, 15) is 74.7 Å². The van der Waals surface area contributed by atoms with Gasteiger partial charge in [0.25, 0.3) is 23.0 Å². The lowest BCUT2D eigenvalue weighted by Crippen LogP contribution is -2.15. The molecule has 3 aromatic carbocycles. The molecular formula is C24H13F9N6O7S. The summed E-state index contributed by atoms with van der Waals surface area (Å²) in [7, 11) is 0. The summed E-state index contributed by atoms with van der Waals surface area (Å²) in [4.78, 5) is 38.7. The number of nitro benzene ring substituents is 3. The van der Waals surface area contributed by atoms with Gasteiger partial charge in [0.15, 0.2) is 0 Å². The second kappa shape index (κ2) is 14.9. The van der Waals surface area contributed by atoms with Crippen LogP contribution < -0.4 is 11.5 Å². The fourth-order valence-corrected chi connectivity index (χ4v) is 3.26. The Morgan fingerprint density at radius 3 is 1.26 bits per heavy atom. The van der Waals surface area contributed by atoms with Crippen LogP contribution in [0.2, 0.25) is 0 Å². The van der Waals surface area contributed by atoms with Gasteiger partial charge >= 0.3 is 18.5 Å². The zero-order chi connectivity index (χ0) is 36.7. The third-order valence-electron chi connectivity index (χ3n) is 5.22. The molecule has 3 rings (SSSR count). The number of nitrogens with two attached hydrogens (primary N) is 2. The van der Waals surface area contributed by atoms with Crippen molar-refractivity contribution >= 4 is 40.2 Å². The normalized spacial score (nSPS) is 11.1. The molecule has 13 nitrogen and oxygen atoms in total. The van der Waals surface area contributed by atoms with E-state index < -0.39 is 84.1 Å². The smallest absolute Gasteiger partial charge is 0.389 e. The van der Waals surface area contributed by atoms with Crippen molar-refractivity contribution in [1.82, 2.24) is 0 Å². The molecule has 0 saturated carbocycles. The number of nitrogens with zero attached hydrogens (tertiary/aromatic N) is 4. The number of hydrogen-bond acceptors (Lipinski definition) is 9. The van der Waals surface area contributed by atoms with Crippen molar-refractivity contribution in [3.05, 3.63) is 118 Å². The largest absolute Gasteiger partial charge is 0.416 e. The predicted molar refractivity (Wildman–Crippen MR) is 143 cm³/mol. The Morgan fingerprint density at radius 2 is 0.957 bits per heavy atom. The zero-order valence-corrected chi connectivity index (χ0v) is 23.1. The molecule has 0 unspecified atom stereocenters. The molecule has 23 heteroatoms. The van der Waals surface area contributed by atoms with E-state index in [1.807, 2.05) is 0 Å². The summed E-state index contributed by atoms with van der Waals surface area (Å²) >= 11 is 4.50. The highest BCUT2D eigenvalue weighted by Crippen LogP contribution is 2.35. The third kappa shape index (κ3) is 10.9. The molecule has 0 bridgehead atoms. The first-order valence-electron chi connectivity index (χ1n) is 11.4. The van der Waals surface area contributed by atoms with Gasteiger partial charge in [0.2, 0.25) is 0 Å². The number of carbonyl (C=O) groups is 1. The van der Waals surface area contributed by atoms with Crippen LogP contribution in [0.25, 0.3) is 0 Å². The van der Waals surface area contributed by atoms with E-state index in [1.165, 1.54) is 6.07 Å². The van der Waals surface area contributed by atoms with Crippen LogP contribution in [0.15, 0.2) is 54.6 Å². The van der Waals surface area contributed by atoms with Crippen LogP contribution in [0.1, 0.15) is 38.2 Å². The summed E-state index contributed by atoms with van der Waals surface area (Å²) in [5.41, 5.74) is 2.80. The molecule has 0 atom stereocenters. The number of benzene rings is 3. The molecule has 0 aliphatic carbocycles. The molecule has 47 heavy (non-hydrogen) atoms. The zero-order valence-electron chi connectivity index (χ0n) is 22.3. The summed E-state index contributed by atoms with van der Waals surface area (Å²) in [5, 5.41) is 39.7. The van der Waals surface area contributed by atoms with Crippen molar-refractivity contribution in [2.24, 2.45) is 11.5 Å². The van der Waals surface area contributed by atoms with E-state index in [1.54, 1.807) is 0 Å². The van der Waals surface area contributed by atoms with Gasteiger partial charge in [0, 0.05) is 18.2 Å². The van der Waals surface area contributed by atoms with Crippen LogP contribution in [0.5, 0.6) is 0 Å². The average molecular weight is 700 g/mol. The maximum absolute atomic E-state index is 12.3. The number of thiocarbonyl (C=S) groups is 1. The van der Waals surface area contributed by atoms with E-state index in [4.69, 9.17) is 16.7 Å². The van der Waals surface area contributed by atoms with Crippen molar-refractivity contribution in [3.8, 4) is 6.07 Å². The van der Waals surface area contributed by atoms with Crippen LogP contribution >= 0.6 is 12.2 Å². The lowest BCUT2D eigenvalue weighted by Gasteiger charge is -2.07. The Labute approximate surface area is 259 Å². The lowest BCUT2D eigenvalue weighted by atomic mass is 10.1. The lowest BCUT2D eigenvalue weighted by molar-refractivity contribution is -0.385. The molecule has 0 heterocycles. The maximum Gasteiger partial charge on any atom is 0.416 e. The molecule has 0 aliphatic heterocycles. The van der Waals surface area contributed by atoms with Crippen molar-refractivity contribution in [3.63, 3.8) is 0 Å². The predicted octanol–water partition coefficient (Wildman–Crippen LogP) is 6.45. The fraction of sp³-hybridized carbons (Fsp3) is 0.125. The number of primary amides is 1. The molecule has 0 radical (unpaired) electrons. The Bertz CT molecular complexity index is 1690. The quantitative estimate of drug-likeness (QED) is 0.128. The Hall–Kier alpha value is -5.92. The second-order valence-corrected chi connectivity index (χ2v) is 8.74. The summed E-state index contributed by atoms with van der Waals surface area (Å²) in [6, 6.07) is 6.73. The fourth-order valence-electron chi connectivity index (χ4n) is 3.09. The maximum atomic E-state index is 12.3. The Balaban J connectivity index is 0.000000353. The van der Waals surface area contributed by atoms with Crippen LogP contribution in [0.3, 0.4) is 0 Å². The Kier molecular flexibility index (Phi) is 12.4. The van der Waals surface area contributed by atoms with Gasteiger partial charge in [0.05, 0.1) is 37.0 Å². The molecule has 1 amide bonds. The molecular weight excluding hydrogens is 687 g/mol. The van der Waals surface area contributed by atoms with E-state index >= 15 is 0 Å². The minimum absolute atomic E-state index is 0.187. The minimum atomic E-state index is -4.71. The SMILES string of the molecule is N#Cc1ccc(C(F)(F)F)cc1[N+](=O)[O-].NC(=O)c1ccc(C(F)(F)F)cc1[N+](=O)[O-].NC(=S)c1ccc(C(F)(F)F)cc1[N+](=O)[O-]. The van der Waals surface area contributed by atoms with Crippen molar-refractivity contribution in [2.75, 3.05) is 0 Å². The van der Waals surface area contributed by atoms with Gasteiger partial charge in [-0.25, -0.2) is 0 Å². The molecule has 4 N–H and O–H groups in total. The molecule has 3 aromatic rings. The summed E-state index contributed by atoms with van der Waals surface area (Å²) in [6.07, 6.45) is -14.0. The number of hydrogen-bond donors (Lipinski definition) is 2. The summed E-state index contributed by atoms with van der Waals surface area (Å²) < 4.78 is 110. The summed E-state index contributed by atoms with van der Waals surface area (Å²) in [6.45, 7) is 0. The van der Waals surface area contributed by atoms with Gasteiger partial charge < -0.3 is 11.5 Å². The second-order valence-electron chi connectivity index (χ2n) is 8.30. The molecule has 0 fully saturated rings. The van der Waals surface area contributed by atoms with Gasteiger partial charge in [-0.15, -0.1) is 0 Å². The number of nitro groups is 3. The number of amides is 1. The molecule has 250 valence electrons. The molecule has 0 spiro atoms. The molecule has 0 aliphatic rings. The number of alkyl halides is 9. The first-order chi connectivity index (χ1) is 21.3. The highest BCUT2D eigenvalue weighted by atomic mass is 32.1. The number of rotatable bonds is 5. The number of nitriles is 1. The minimum Gasteiger partial charge on any atom is -0.389 e. The topological polar surface area (TPSA) is 222 Å². The summed E-state index contributed by atoms with van der Waals surface area (Å²) in [5.74, 6) is -1.15. The first kappa shape index (κ1) is 39.1. The van der Waals surface area contributed by atoms with E-state index in [2.05, 4.69) is 12.2 Å². The van der Waals surface area contributed by atoms with Gasteiger partial charge in [-0.2, -0.15) is 44.8 Å². The van der Waals surface area contributed by atoms with Crippen molar-refractivity contribution in [1.29, 1.82) is 5.26 Å². The van der Waals surface area contributed by atoms with Crippen LogP contribution in [-0.2, 0) is 18.5 Å². The van der Waals surface area contributed by atoms with Crippen molar-refractivity contribution in [2.45, 2.75) is 18.5 Å². The third-order valence-corrected chi connectivity index (χ3v) is 5.44. The highest BCUT2D eigenvalue weighted by molar-refractivity contribution is 7.80. The van der Waals surface area contributed by atoms with Crippen molar-refractivity contribution < 1.29 is 59.1 Å². The van der Waals surface area contributed by atoms with Crippen LogP contribution in [-0.4, -0.2) is 25.7 Å². The van der Waals surface area contributed by atoms with Gasteiger partial charge in [-0.3, -0.25) is 35.1 Å². The monoisotopic (exact) mass is 700 g/mol. The van der Waals surface area contributed by atoms with Gasteiger partial charge in [0.1, 0.15) is 22.2 Å². The number of carbonyl (C=O) groups excluding carboxylic acids is 1. The number of halogens is 9. The van der Waals surface area contributed by atoms with Crippen LogP contribution in [0.4, 0.5) is 56.6 Å². The van der Waals surface area contributed by atoms with E-state index in [0.29, 0.717) is 36.4 Å².